The minimum Gasteiger partial charge on any atom is -0.443 e. The van der Waals surface area contributed by atoms with Gasteiger partial charge < -0.3 is 10.1 Å². The second-order valence-electron chi connectivity index (χ2n) is 5.08. The first-order valence-electron chi connectivity index (χ1n) is 7.54. The number of nitrogens with zero attached hydrogens (tertiary/aromatic N) is 3. The highest BCUT2D eigenvalue weighted by atomic mass is 35.5. The molecule has 1 N–H and O–H groups in total. The summed E-state index contributed by atoms with van der Waals surface area (Å²) in [5.41, 5.74) is 0.675. The maximum atomic E-state index is 14.5. The Morgan fingerprint density at radius 2 is 2.23 bits per heavy atom. The van der Waals surface area contributed by atoms with Crippen LogP contribution in [-0.2, 0) is 11.3 Å². The molecule has 26 heavy (non-hydrogen) atoms. The zero-order chi connectivity index (χ0) is 18.5. The van der Waals surface area contributed by atoms with Gasteiger partial charge >= 0.3 is 6.09 Å². The van der Waals surface area contributed by atoms with E-state index in [0.29, 0.717) is 10.7 Å². The molecule has 0 aliphatic carbocycles. The van der Waals surface area contributed by atoms with E-state index in [9.17, 15) is 9.18 Å². The summed E-state index contributed by atoms with van der Waals surface area (Å²) in [4.78, 5) is 16.2. The van der Waals surface area contributed by atoms with E-state index in [4.69, 9.17) is 16.3 Å². The number of alkyl carbamates (subject to hydrolysis) is 1. The van der Waals surface area contributed by atoms with Crippen molar-refractivity contribution in [3.8, 4) is 5.69 Å². The largest absolute Gasteiger partial charge is 0.443 e. The zero-order valence-electron chi connectivity index (χ0n) is 13.6. The van der Waals surface area contributed by atoms with E-state index in [2.05, 4.69) is 15.4 Å². The predicted molar refractivity (Wildman–Crippen MR) is 96.1 cm³/mol. The molecule has 1 aromatic carbocycles. The molecule has 0 unspecified atom stereocenters. The predicted octanol–water partition coefficient (Wildman–Crippen LogP) is 4.07. The molecule has 3 rings (SSSR count). The van der Waals surface area contributed by atoms with E-state index < -0.39 is 11.9 Å². The van der Waals surface area contributed by atoms with Crippen LogP contribution in [-0.4, -0.2) is 27.9 Å². The third-order valence-electron chi connectivity index (χ3n) is 3.30. The molecule has 134 valence electrons. The van der Waals surface area contributed by atoms with Crippen molar-refractivity contribution in [2.75, 3.05) is 7.05 Å². The lowest BCUT2D eigenvalue weighted by Crippen LogP contribution is -2.19. The Hall–Kier alpha value is -2.58. The van der Waals surface area contributed by atoms with Crippen LogP contribution in [0, 0.1) is 5.82 Å². The molecule has 1 amide bonds. The van der Waals surface area contributed by atoms with Crippen LogP contribution in [0.25, 0.3) is 5.69 Å². The number of benzene rings is 1. The molecule has 2 heterocycles. The highest BCUT2D eigenvalue weighted by Crippen LogP contribution is 2.31. The Bertz CT molecular complexity index is 920. The maximum absolute atomic E-state index is 14.5. The van der Waals surface area contributed by atoms with E-state index in [0.717, 1.165) is 4.90 Å². The summed E-state index contributed by atoms with van der Waals surface area (Å²) in [6.45, 7) is -0.0462. The molecular formula is C17H14ClFN4O2S. The molecule has 0 fully saturated rings. The van der Waals surface area contributed by atoms with Gasteiger partial charge in [0.25, 0.3) is 0 Å². The summed E-state index contributed by atoms with van der Waals surface area (Å²) in [6, 6.07) is 10.1. The lowest BCUT2D eigenvalue weighted by Gasteiger charge is -2.08. The SMILES string of the molecule is CNC(=O)OCc1cc(Sc2cccnc2)n(-c2cccc(Cl)c2F)n1. The normalized spacial score (nSPS) is 10.6. The number of hydrogen-bond acceptors (Lipinski definition) is 5. The first kappa shape index (κ1) is 18.2. The van der Waals surface area contributed by atoms with Crippen LogP contribution in [0.1, 0.15) is 5.69 Å². The number of pyridine rings is 1. The van der Waals surface area contributed by atoms with E-state index >= 15 is 0 Å². The smallest absolute Gasteiger partial charge is 0.407 e. The number of nitrogens with one attached hydrogen (secondary N) is 1. The Morgan fingerprint density at radius 1 is 1.38 bits per heavy atom. The van der Waals surface area contributed by atoms with E-state index in [1.807, 2.05) is 6.07 Å². The summed E-state index contributed by atoms with van der Waals surface area (Å²) in [7, 11) is 1.46. The van der Waals surface area contributed by atoms with Crippen molar-refractivity contribution in [2.45, 2.75) is 16.5 Å². The maximum Gasteiger partial charge on any atom is 0.407 e. The quantitative estimate of drug-likeness (QED) is 0.708. The van der Waals surface area contributed by atoms with E-state index in [1.54, 1.807) is 36.7 Å². The fourth-order valence-electron chi connectivity index (χ4n) is 2.12. The molecule has 0 atom stereocenters. The molecule has 2 aromatic heterocycles. The van der Waals surface area contributed by atoms with E-state index in [1.165, 1.54) is 29.6 Å². The number of carbonyl (C=O) groups excluding carboxylic acids is 1. The fourth-order valence-corrected chi connectivity index (χ4v) is 3.21. The summed E-state index contributed by atoms with van der Waals surface area (Å²) in [6.07, 6.45) is 2.78. The standard InChI is InChI=1S/C17H14ClFN4O2S/c1-20-17(24)25-10-11-8-15(26-12-4-3-7-21-9-12)23(22-11)14-6-2-5-13(18)16(14)19/h2-9H,10H2,1H3,(H,20,24). The number of carbonyl (C=O) groups is 1. The first-order valence-corrected chi connectivity index (χ1v) is 8.73. The third kappa shape index (κ3) is 4.14. The zero-order valence-corrected chi connectivity index (χ0v) is 15.2. The van der Waals surface area contributed by atoms with Gasteiger partial charge in [-0.05, 0) is 30.3 Å². The molecule has 0 aliphatic rings. The molecule has 0 saturated carbocycles. The van der Waals surface area contributed by atoms with Gasteiger partial charge in [0.1, 0.15) is 23.0 Å². The molecular weight excluding hydrogens is 379 g/mol. The topological polar surface area (TPSA) is 69.0 Å². The van der Waals surface area contributed by atoms with Crippen molar-refractivity contribution < 1.29 is 13.9 Å². The highest BCUT2D eigenvalue weighted by molar-refractivity contribution is 7.99. The highest BCUT2D eigenvalue weighted by Gasteiger charge is 2.17. The molecule has 3 aromatic rings. The summed E-state index contributed by atoms with van der Waals surface area (Å²) in [5, 5.41) is 7.35. The monoisotopic (exact) mass is 392 g/mol. The van der Waals surface area contributed by atoms with Crippen molar-refractivity contribution in [1.82, 2.24) is 20.1 Å². The number of halogens is 2. The number of hydrogen-bond donors (Lipinski definition) is 1. The van der Waals surface area contributed by atoms with Crippen LogP contribution in [0.4, 0.5) is 9.18 Å². The summed E-state index contributed by atoms with van der Waals surface area (Å²) >= 11 is 7.25. The van der Waals surface area contributed by atoms with Gasteiger partial charge in [0, 0.05) is 24.3 Å². The van der Waals surface area contributed by atoms with Crippen molar-refractivity contribution in [3.63, 3.8) is 0 Å². The van der Waals surface area contributed by atoms with Gasteiger partial charge in [-0.2, -0.15) is 5.10 Å². The lowest BCUT2D eigenvalue weighted by molar-refractivity contribution is 0.140. The lowest BCUT2D eigenvalue weighted by atomic mass is 10.3. The van der Waals surface area contributed by atoms with Crippen molar-refractivity contribution >= 4 is 29.5 Å². The van der Waals surface area contributed by atoms with Crippen LogP contribution < -0.4 is 5.32 Å². The third-order valence-corrected chi connectivity index (χ3v) is 4.57. The molecule has 0 aliphatic heterocycles. The Balaban J connectivity index is 1.98. The number of amides is 1. The van der Waals surface area contributed by atoms with Crippen LogP contribution in [0.3, 0.4) is 0 Å². The molecule has 6 nitrogen and oxygen atoms in total. The minimum atomic E-state index is -0.580. The van der Waals surface area contributed by atoms with Gasteiger partial charge in [-0.15, -0.1) is 0 Å². The molecule has 9 heteroatoms. The van der Waals surface area contributed by atoms with Crippen LogP contribution in [0.2, 0.25) is 5.02 Å². The fraction of sp³-hybridized carbons (Fsp3) is 0.118. The second kappa shape index (κ2) is 8.20. The van der Waals surface area contributed by atoms with Crippen molar-refractivity contribution in [1.29, 1.82) is 0 Å². The number of rotatable bonds is 5. The average molecular weight is 393 g/mol. The molecule has 0 saturated heterocycles. The van der Waals surface area contributed by atoms with Crippen LogP contribution in [0.5, 0.6) is 0 Å². The van der Waals surface area contributed by atoms with E-state index in [-0.39, 0.29) is 17.3 Å². The Morgan fingerprint density at radius 3 is 2.96 bits per heavy atom. The van der Waals surface area contributed by atoms with Gasteiger partial charge in [-0.3, -0.25) is 4.98 Å². The summed E-state index contributed by atoms with van der Waals surface area (Å²) < 4.78 is 20.9. The number of ether oxygens (including phenoxy) is 1. The molecule has 0 bridgehead atoms. The molecule has 0 radical (unpaired) electrons. The van der Waals surface area contributed by atoms with Gasteiger partial charge in [-0.1, -0.05) is 29.4 Å². The Kier molecular flexibility index (Phi) is 5.75. The van der Waals surface area contributed by atoms with Crippen LogP contribution in [0.15, 0.2) is 58.7 Å². The first-order chi connectivity index (χ1) is 12.6. The summed E-state index contributed by atoms with van der Waals surface area (Å²) in [5.74, 6) is -0.580. The van der Waals surface area contributed by atoms with Gasteiger partial charge in [0.2, 0.25) is 0 Å². The van der Waals surface area contributed by atoms with Gasteiger partial charge in [-0.25, -0.2) is 13.9 Å². The number of aromatic nitrogens is 3. The van der Waals surface area contributed by atoms with Crippen LogP contribution >= 0.6 is 23.4 Å². The van der Waals surface area contributed by atoms with Crippen molar-refractivity contribution in [3.05, 3.63) is 65.3 Å². The Labute approximate surface area is 158 Å². The minimum absolute atomic E-state index is 0.00140. The van der Waals surface area contributed by atoms with Gasteiger partial charge in [0.15, 0.2) is 5.82 Å². The second-order valence-corrected chi connectivity index (χ2v) is 6.58. The average Bonchev–Trinajstić information content (AvgIpc) is 3.05. The van der Waals surface area contributed by atoms with Gasteiger partial charge in [0.05, 0.1) is 5.02 Å². The molecule has 0 spiro atoms. The van der Waals surface area contributed by atoms with Crippen molar-refractivity contribution in [2.24, 2.45) is 0 Å².